The summed E-state index contributed by atoms with van der Waals surface area (Å²) in [6.45, 7) is 5.03. The van der Waals surface area contributed by atoms with Crippen LogP contribution in [0.25, 0.3) is 0 Å². The van der Waals surface area contributed by atoms with Crippen LogP contribution in [0.3, 0.4) is 0 Å². The van der Waals surface area contributed by atoms with Gasteiger partial charge in [0.15, 0.2) is 11.5 Å². The largest absolute Gasteiger partial charge is 0.497 e. The first-order chi connectivity index (χ1) is 11.7. The van der Waals surface area contributed by atoms with E-state index in [-0.39, 0.29) is 0 Å². The van der Waals surface area contributed by atoms with E-state index in [9.17, 15) is 4.79 Å². The van der Waals surface area contributed by atoms with Crippen LogP contribution in [0.15, 0.2) is 36.4 Å². The van der Waals surface area contributed by atoms with E-state index in [1.165, 1.54) is 0 Å². The third-order valence-corrected chi connectivity index (χ3v) is 3.32. The van der Waals surface area contributed by atoms with Gasteiger partial charge in [-0.1, -0.05) is 12.1 Å². The van der Waals surface area contributed by atoms with Crippen LogP contribution in [0.5, 0.6) is 23.0 Å². The predicted molar refractivity (Wildman–Crippen MR) is 91.5 cm³/mol. The molecule has 0 fully saturated rings. The van der Waals surface area contributed by atoms with Crippen molar-refractivity contribution in [2.75, 3.05) is 20.3 Å². The minimum absolute atomic E-state index is 0.352. The Balaban J connectivity index is 2.26. The van der Waals surface area contributed by atoms with Gasteiger partial charge >= 0.3 is 0 Å². The van der Waals surface area contributed by atoms with E-state index in [4.69, 9.17) is 18.9 Å². The molecule has 2 aromatic carbocycles. The molecule has 0 unspecified atom stereocenters. The highest BCUT2D eigenvalue weighted by molar-refractivity contribution is 5.78. The Labute approximate surface area is 142 Å². The Kier molecular flexibility index (Phi) is 6.49. The summed E-state index contributed by atoms with van der Waals surface area (Å²) in [4.78, 5) is 11.1. The van der Waals surface area contributed by atoms with Crippen molar-refractivity contribution in [1.82, 2.24) is 0 Å². The summed E-state index contributed by atoms with van der Waals surface area (Å²) < 4.78 is 22.3. The van der Waals surface area contributed by atoms with E-state index in [1.807, 2.05) is 38.1 Å². The molecule has 2 rings (SSSR count). The number of hydrogen-bond acceptors (Lipinski definition) is 5. The fraction of sp³-hybridized carbons (Fsp3) is 0.316. The zero-order valence-corrected chi connectivity index (χ0v) is 14.2. The zero-order chi connectivity index (χ0) is 17.4. The Hall–Kier alpha value is -2.69. The molecule has 0 amide bonds. The smallest absolute Gasteiger partial charge is 0.203 e. The lowest BCUT2D eigenvalue weighted by Crippen LogP contribution is -2.04. The van der Waals surface area contributed by atoms with Gasteiger partial charge in [0.05, 0.1) is 20.3 Å². The molecule has 0 aliphatic carbocycles. The van der Waals surface area contributed by atoms with Crippen LogP contribution in [-0.2, 0) is 6.61 Å². The second-order valence-corrected chi connectivity index (χ2v) is 4.97. The quantitative estimate of drug-likeness (QED) is 0.653. The van der Waals surface area contributed by atoms with Crippen LogP contribution >= 0.6 is 0 Å². The van der Waals surface area contributed by atoms with Crippen LogP contribution in [0.1, 0.15) is 29.8 Å². The highest BCUT2D eigenvalue weighted by atomic mass is 16.5. The van der Waals surface area contributed by atoms with Gasteiger partial charge < -0.3 is 18.9 Å². The van der Waals surface area contributed by atoms with E-state index < -0.39 is 0 Å². The van der Waals surface area contributed by atoms with E-state index in [1.54, 1.807) is 19.2 Å². The first-order valence-electron chi connectivity index (χ1n) is 7.86. The van der Waals surface area contributed by atoms with Gasteiger partial charge in [-0.25, -0.2) is 0 Å². The third-order valence-electron chi connectivity index (χ3n) is 3.32. The van der Waals surface area contributed by atoms with Crippen LogP contribution in [0.2, 0.25) is 0 Å². The van der Waals surface area contributed by atoms with Crippen molar-refractivity contribution in [2.24, 2.45) is 0 Å². The predicted octanol–water partition coefficient (Wildman–Crippen LogP) is 3.88. The van der Waals surface area contributed by atoms with Gasteiger partial charge in [-0.15, -0.1) is 0 Å². The van der Waals surface area contributed by atoms with Crippen molar-refractivity contribution in [2.45, 2.75) is 20.5 Å². The molecule has 0 atom stereocenters. The minimum atomic E-state index is 0.352. The number of rotatable bonds is 9. The second-order valence-electron chi connectivity index (χ2n) is 4.97. The minimum Gasteiger partial charge on any atom is -0.497 e. The molecule has 0 aromatic heterocycles. The molecular weight excluding hydrogens is 308 g/mol. The molecular formula is C19H22O5. The molecule has 0 aliphatic rings. The van der Waals surface area contributed by atoms with E-state index in [2.05, 4.69) is 0 Å². The molecule has 0 radical (unpaired) electrons. The summed E-state index contributed by atoms with van der Waals surface area (Å²) >= 11 is 0. The van der Waals surface area contributed by atoms with Crippen molar-refractivity contribution >= 4 is 6.29 Å². The fourth-order valence-electron chi connectivity index (χ4n) is 2.21. The summed E-state index contributed by atoms with van der Waals surface area (Å²) in [5, 5.41) is 0. The number of carbonyl (C=O) groups is 1. The molecule has 5 heteroatoms. The van der Waals surface area contributed by atoms with Crippen LogP contribution in [-0.4, -0.2) is 26.6 Å². The number of ether oxygens (including phenoxy) is 4. The molecule has 0 bridgehead atoms. The molecule has 2 aromatic rings. The molecule has 0 heterocycles. The fourth-order valence-corrected chi connectivity index (χ4v) is 2.21. The first-order valence-corrected chi connectivity index (χ1v) is 7.86. The normalized spacial score (nSPS) is 10.1. The van der Waals surface area contributed by atoms with Crippen molar-refractivity contribution in [3.05, 3.63) is 47.5 Å². The number of benzene rings is 2. The Morgan fingerprint density at radius 2 is 1.50 bits per heavy atom. The van der Waals surface area contributed by atoms with Crippen molar-refractivity contribution in [3.63, 3.8) is 0 Å². The van der Waals surface area contributed by atoms with Gasteiger partial charge in [-0.05, 0) is 43.7 Å². The number of aldehydes is 1. The molecule has 128 valence electrons. The maximum Gasteiger partial charge on any atom is 0.203 e. The molecule has 24 heavy (non-hydrogen) atoms. The van der Waals surface area contributed by atoms with Crippen molar-refractivity contribution in [3.8, 4) is 23.0 Å². The summed E-state index contributed by atoms with van der Waals surface area (Å²) in [5.41, 5.74) is 1.47. The highest BCUT2D eigenvalue weighted by Gasteiger charge is 2.15. The molecule has 5 nitrogen and oxygen atoms in total. The number of hydrogen-bond donors (Lipinski definition) is 0. The second kappa shape index (κ2) is 8.82. The Morgan fingerprint density at radius 3 is 1.96 bits per heavy atom. The van der Waals surface area contributed by atoms with Crippen LogP contribution in [0, 0.1) is 0 Å². The highest BCUT2D eigenvalue weighted by Crippen LogP contribution is 2.39. The summed E-state index contributed by atoms with van der Waals surface area (Å²) in [6, 6.07) is 10.9. The summed E-state index contributed by atoms with van der Waals surface area (Å²) in [6.07, 6.45) is 0.762. The van der Waals surface area contributed by atoms with Crippen molar-refractivity contribution in [1.29, 1.82) is 0 Å². The Bertz CT molecular complexity index is 637. The zero-order valence-electron chi connectivity index (χ0n) is 14.2. The SMILES string of the molecule is CCOc1cc(C=O)cc(OCC)c1OCc1ccc(OC)cc1. The van der Waals surface area contributed by atoms with Gasteiger partial charge in [0.25, 0.3) is 0 Å². The average molecular weight is 330 g/mol. The van der Waals surface area contributed by atoms with E-state index in [0.717, 1.165) is 17.6 Å². The lowest BCUT2D eigenvalue weighted by Gasteiger charge is -2.17. The maximum absolute atomic E-state index is 11.1. The lowest BCUT2D eigenvalue weighted by molar-refractivity contribution is 0.112. The third kappa shape index (κ3) is 4.41. The topological polar surface area (TPSA) is 54.0 Å². The lowest BCUT2D eigenvalue weighted by atomic mass is 10.2. The van der Waals surface area contributed by atoms with Gasteiger partial charge in [-0.3, -0.25) is 4.79 Å². The number of methoxy groups -OCH3 is 1. The molecule has 0 aliphatic heterocycles. The summed E-state index contributed by atoms with van der Waals surface area (Å²) in [7, 11) is 1.63. The maximum atomic E-state index is 11.1. The van der Waals surface area contributed by atoms with E-state index >= 15 is 0 Å². The van der Waals surface area contributed by atoms with Crippen LogP contribution < -0.4 is 18.9 Å². The van der Waals surface area contributed by atoms with Crippen molar-refractivity contribution < 1.29 is 23.7 Å². The van der Waals surface area contributed by atoms with Gasteiger partial charge in [0.1, 0.15) is 18.6 Å². The first kappa shape index (κ1) is 17.7. The average Bonchev–Trinajstić information content (AvgIpc) is 2.61. The molecule has 0 saturated heterocycles. The molecule has 0 saturated carbocycles. The monoisotopic (exact) mass is 330 g/mol. The van der Waals surface area contributed by atoms with E-state index in [0.29, 0.717) is 42.6 Å². The van der Waals surface area contributed by atoms with Gasteiger partial charge in [-0.2, -0.15) is 0 Å². The van der Waals surface area contributed by atoms with Gasteiger partial charge in [0.2, 0.25) is 5.75 Å². The summed E-state index contributed by atoms with van der Waals surface area (Å²) in [5.74, 6) is 2.29. The number of carbonyl (C=O) groups excluding carboxylic acids is 1. The standard InChI is InChI=1S/C19H22O5/c1-4-22-17-10-15(12-20)11-18(23-5-2)19(17)24-13-14-6-8-16(21-3)9-7-14/h6-12H,4-5,13H2,1-3H3. The Morgan fingerprint density at radius 1 is 0.917 bits per heavy atom. The molecule has 0 N–H and O–H groups in total. The van der Waals surface area contributed by atoms with Crippen LogP contribution in [0.4, 0.5) is 0 Å². The molecule has 0 spiro atoms. The van der Waals surface area contributed by atoms with Gasteiger partial charge in [0, 0.05) is 5.56 Å².